The molecule has 21 heavy (non-hydrogen) atoms. The van der Waals surface area contributed by atoms with Crippen molar-refractivity contribution in [3.63, 3.8) is 0 Å². The van der Waals surface area contributed by atoms with Crippen molar-refractivity contribution in [2.75, 3.05) is 12.8 Å². The van der Waals surface area contributed by atoms with Gasteiger partial charge in [-0.05, 0) is 40.5 Å². The Kier molecular flexibility index (Phi) is 6.16. The van der Waals surface area contributed by atoms with Gasteiger partial charge in [-0.25, -0.2) is 4.79 Å². The molecule has 0 aliphatic carbocycles. The predicted octanol–water partition coefficient (Wildman–Crippen LogP) is 1.17. The fraction of sp³-hybridized carbons (Fsp3) is 0.308. The summed E-state index contributed by atoms with van der Waals surface area (Å²) < 4.78 is 4.93. The quantitative estimate of drug-likeness (QED) is 0.518. The number of aliphatic carboxylic acids is 1. The Morgan fingerprint density at radius 2 is 2.10 bits per heavy atom. The Hall–Kier alpha value is -2.09. The van der Waals surface area contributed by atoms with Crippen LogP contribution in [0.15, 0.2) is 22.7 Å². The van der Waals surface area contributed by atoms with E-state index in [0.717, 1.165) is 0 Å². The number of carbonyl (C=O) groups is 3. The number of carboxylic acids is 1. The van der Waals surface area contributed by atoms with Gasteiger partial charge in [-0.2, -0.15) is 0 Å². The zero-order chi connectivity index (χ0) is 16.0. The molecule has 1 aromatic rings. The number of benzene rings is 1. The summed E-state index contributed by atoms with van der Waals surface area (Å²) in [5.74, 6) is -2.36. The first-order valence-electron chi connectivity index (χ1n) is 6.00. The maximum atomic E-state index is 12.1. The van der Waals surface area contributed by atoms with Crippen molar-refractivity contribution in [1.29, 1.82) is 0 Å². The van der Waals surface area contributed by atoms with Crippen molar-refractivity contribution >= 4 is 39.5 Å². The van der Waals surface area contributed by atoms with E-state index in [4.69, 9.17) is 10.8 Å². The molecule has 0 spiro atoms. The van der Waals surface area contributed by atoms with Crippen LogP contribution < -0.4 is 11.1 Å². The van der Waals surface area contributed by atoms with Crippen LogP contribution in [0.3, 0.4) is 0 Å². The van der Waals surface area contributed by atoms with Gasteiger partial charge in [-0.15, -0.1) is 0 Å². The van der Waals surface area contributed by atoms with Crippen molar-refractivity contribution < 1.29 is 24.2 Å². The summed E-state index contributed by atoms with van der Waals surface area (Å²) in [4.78, 5) is 34.2. The van der Waals surface area contributed by atoms with Crippen LogP contribution in [-0.2, 0) is 14.3 Å². The van der Waals surface area contributed by atoms with Gasteiger partial charge in [0.25, 0.3) is 5.91 Å². The third-order valence-corrected chi connectivity index (χ3v) is 3.39. The Bertz CT molecular complexity index is 561. The summed E-state index contributed by atoms with van der Waals surface area (Å²) in [7, 11) is 1.21. The maximum Gasteiger partial charge on any atom is 0.326 e. The summed E-state index contributed by atoms with van der Waals surface area (Å²) in [6.07, 6.45) is -0.167. The molecule has 0 saturated carbocycles. The van der Waals surface area contributed by atoms with Crippen LogP contribution in [0, 0.1) is 0 Å². The lowest BCUT2D eigenvalue weighted by Crippen LogP contribution is -2.41. The van der Waals surface area contributed by atoms with Crippen LogP contribution in [0.5, 0.6) is 0 Å². The normalized spacial score (nSPS) is 11.5. The van der Waals surface area contributed by atoms with Crippen molar-refractivity contribution in [3.05, 3.63) is 28.2 Å². The van der Waals surface area contributed by atoms with Gasteiger partial charge >= 0.3 is 11.9 Å². The minimum atomic E-state index is -1.23. The summed E-state index contributed by atoms with van der Waals surface area (Å²) in [6, 6.07) is 3.44. The van der Waals surface area contributed by atoms with Crippen molar-refractivity contribution in [3.8, 4) is 0 Å². The highest BCUT2D eigenvalue weighted by molar-refractivity contribution is 9.10. The van der Waals surface area contributed by atoms with Crippen LogP contribution in [0.1, 0.15) is 23.2 Å². The van der Waals surface area contributed by atoms with Gasteiger partial charge < -0.3 is 20.9 Å². The standard InChI is InChI=1S/C13H15BrN2O5/c1-21-11(17)5-4-10(13(19)20)16-12(18)8-6-7(15)2-3-9(8)14/h2-3,6,10H,4-5,15H2,1H3,(H,16,18)(H,19,20). The molecular weight excluding hydrogens is 344 g/mol. The average Bonchev–Trinajstić information content (AvgIpc) is 2.44. The summed E-state index contributed by atoms with van der Waals surface area (Å²) in [5, 5.41) is 11.4. The van der Waals surface area contributed by atoms with E-state index in [1.54, 1.807) is 12.1 Å². The molecule has 0 aliphatic rings. The van der Waals surface area contributed by atoms with E-state index in [1.807, 2.05) is 0 Å². The first-order chi connectivity index (χ1) is 9.85. The van der Waals surface area contributed by atoms with Crippen molar-refractivity contribution in [1.82, 2.24) is 5.32 Å². The van der Waals surface area contributed by atoms with Crippen LogP contribution >= 0.6 is 15.9 Å². The molecule has 0 heterocycles. The Morgan fingerprint density at radius 3 is 2.67 bits per heavy atom. The molecule has 1 unspecified atom stereocenters. The summed E-state index contributed by atoms with van der Waals surface area (Å²) >= 11 is 3.19. The number of ether oxygens (including phenoxy) is 1. The van der Waals surface area contributed by atoms with E-state index < -0.39 is 23.9 Å². The first-order valence-corrected chi connectivity index (χ1v) is 6.80. The third kappa shape index (κ3) is 5.07. The lowest BCUT2D eigenvalue weighted by molar-refractivity contribution is -0.142. The average molecular weight is 359 g/mol. The number of methoxy groups -OCH3 is 1. The molecule has 8 heteroatoms. The molecule has 4 N–H and O–H groups in total. The minimum absolute atomic E-state index is 0.0618. The number of halogens is 1. The Balaban J connectivity index is 2.79. The lowest BCUT2D eigenvalue weighted by atomic mass is 10.1. The lowest BCUT2D eigenvalue weighted by Gasteiger charge is -2.14. The molecule has 1 amide bonds. The molecule has 0 radical (unpaired) electrons. The molecule has 0 saturated heterocycles. The SMILES string of the molecule is COC(=O)CCC(NC(=O)c1cc(N)ccc1Br)C(=O)O. The second-order valence-corrected chi connectivity index (χ2v) is 5.07. The molecule has 1 atom stereocenters. The van der Waals surface area contributed by atoms with Crippen LogP contribution in [0.2, 0.25) is 0 Å². The number of nitrogens with two attached hydrogens (primary N) is 1. The highest BCUT2D eigenvalue weighted by Gasteiger charge is 2.22. The molecule has 0 aliphatic heterocycles. The number of anilines is 1. The van der Waals surface area contributed by atoms with Gasteiger partial charge in [0.1, 0.15) is 6.04 Å². The molecule has 0 fully saturated rings. The van der Waals surface area contributed by atoms with E-state index in [2.05, 4.69) is 26.0 Å². The number of carboxylic acid groups (broad SMARTS) is 1. The second-order valence-electron chi connectivity index (χ2n) is 4.22. The monoisotopic (exact) mass is 358 g/mol. The highest BCUT2D eigenvalue weighted by Crippen LogP contribution is 2.19. The Morgan fingerprint density at radius 1 is 1.43 bits per heavy atom. The van der Waals surface area contributed by atoms with Gasteiger partial charge in [0.15, 0.2) is 0 Å². The number of hydrogen-bond acceptors (Lipinski definition) is 5. The van der Waals surface area contributed by atoms with Crippen molar-refractivity contribution in [2.45, 2.75) is 18.9 Å². The van der Waals surface area contributed by atoms with E-state index >= 15 is 0 Å². The molecule has 0 aromatic heterocycles. The van der Waals surface area contributed by atoms with Gasteiger partial charge in [0, 0.05) is 16.6 Å². The van der Waals surface area contributed by atoms with Crippen LogP contribution in [0.4, 0.5) is 5.69 Å². The molecule has 1 aromatic carbocycles. The molecule has 7 nitrogen and oxygen atoms in total. The zero-order valence-electron chi connectivity index (χ0n) is 11.3. The number of amides is 1. The minimum Gasteiger partial charge on any atom is -0.480 e. The molecule has 1 rings (SSSR count). The second kappa shape index (κ2) is 7.63. The number of nitrogen functional groups attached to an aromatic ring is 1. The first kappa shape index (κ1) is 17.0. The smallest absolute Gasteiger partial charge is 0.326 e. The van der Waals surface area contributed by atoms with Crippen LogP contribution in [0.25, 0.3) is 0 Å². The predicted molar refractivity (Wildman–Crippen MR) is 78.7 cm³/mol. The molecular formula is C13H15BrN2O5. The fourth-order valence-corrected chi connectivity index (χ4v) is 2.00. The fourth-order valence-electron chi connectivity index (χ4n) is 1.57. The highest BCUT2D eigenvalue weighted by atomic mass is 79.9. The maximum absolute atomic E-state index is 12.1. The summed E-state index contributed by atoms with van der Waals surface area (Å²) in [6.45, 7) is 0. The number of carbonyl (C=O) groups excluding carboxylic acids is 2. The van der Waals surface area contributed by atoms with Gasteiger partial charge in [-0.1, -0.05) is 0 Å². The van der Waals surface area contributed by atoms with Crippen molar-refractivity contribution in [2.24, 2.45) is 0 Å². The van der Waals surface area contributed by atoms with E-state index in [1.165, 1.54) is 13.2 Å². The number of hydrogen-bond donors (Lipinski definition) is 3. The number of nitrogens with one attached hydrogen (secondary N) is 1. The third-order valence-electron chi connectivity index (χ3n) is 2.70. The zero-order valence-corrected chi connectivity index (χ0v) is 12.8. The van der Waals surface area contributed by atoms with E-state index in [0.29, 0.717) is 10.2 Å². The number of rotatable bonds is 6. The van der Waals surface area contributed by atoms with E-state index in [-0.39, 0.29) is 18.4 Å². The van der Waals surface area contributed by atoms with Crippen LogP contribution in [-0.4, -0.2) is 36.1 Å². The number of esters is 1. The van der Waals surface area contributed by atoms with E-state index in [9.17, 15) is 14.4 Å². The van der Waals surface area contributed by atoms with Gasteiger partial charge in [0.05, 0.1) is 12.7 Å². The largest absolute Gasteiger partial charge is 0.480 e. The van der Waals surface area contributed by atoms with Gasteiger partial charge in [-0.3, -0.25) is 9.59 Å². The summed E-state index contributed by atoms with van der Waals surface area (Å²) in [5.41, 5.74) is 6.19. The topological polar surface area (TPSA) is 119 Å². The molecule has 114 valence electrons. The van der Waals surface area contributed by atoms with Gasteiger partial charge in [0.2, 0.25) is 0 Å². The Labute approximate surface area is 129 Å². The molecule has 0 bridgehead atoms.